The molecule has 0 aliphatic carbocycles. The molecule has 0 radical (unpaired) electrons. The van der Waals surface area contributed by atoms with E-state index < -0.39 is 5.41 Å². The largest absolute Gasteiger partial charge is 0.351 e. The zero-order chi connectivity index (χ0) is 13.9. The molecular weight excluding hydrogens is 228 g/mol. The van der Waals surface area contributed by atoms with Crippen LogP contribution in [0.3, 0.4) is 0 Å². The molecule has 0 spiro atoms. The van der Waals surface area contributed by atoms with Crippen molar-refractivity contribution in [3.05, 3.63) is 17.0 Å². The Hall–Kier alpha value is -1.36. The molecule has 0 saturated carbocycles. The Labute approximate surface area is 109 Å². The Balaban J connectivity index is 2.74. The lowest BCUT2D eigenvalue weighted by Crippen LogP contribution is -2.43. The van der Waals surface area contributed by atoms with Gasteiger partial charge in [0.05, 0.1) is 11.1 Å². The molecule has 1 atom stereocenters. The first kappa shape index (κ1) is 14.7. The van der Waals surface area contributed by atoms with Crippen LogP contribution in [0.5, 0.6) is 0 Å². The van der Waals surface area contributed by atoms with Crippen molar-refractivity contribution in [1.82, 2.24) is 15.1 Å². The summed E-state index contributed by atoms with van der Waals surface area (Å²) in [5, 5.41) is 7.30. The minimum absolute atomic E-state index is 0.00940. The van der Waals surface area contributed by atoms with Gasteiger partial charge in [-0.05, 0) is 27.2 Å². The van der Waals surface area contributed by atoms with E-state index in [1.807, 2.05) is 39.4 Å². The van der Waals surface area contributed by atoms with Gasteiger partial charge in [-0.25, -0.2) is 0 Å². The van der Waals surface area contributed by atoms with Crippen LogP contribution in [0.25, 0.3) is 0 Å². The van der Waals surface area contributed by atoms with E-state index in [9.17, 15) is 4.79 Å². The predicted molar refractivity (Wildman–Crippen MR) is 72.0 cm³/mol. The summed E-state index contributed by atoms with van der Waals surface area (Å²) >= 11 is 0. The number of carbonyl (C=O) groups is 1. The molecular formula is C13H24N4O. The maximum Gasteiger partial charge on any atom is 0.227 e. The molecule has 18 heavy (non-hydrogen) atoms. The molecule has 1 rings (SSSR count). The number of nitrogens with two attached hydrogens (primary N) is 1. The normalized spacial score (nSPS) is 14.3. The average Bonchev–Trinajstić information content (AvgIpc) is 2.60. The molecule has 5 nitrogen and oxygen atoms in total. The quantitative estimate of drug-likeness (QED) is 0.822. The van der Waals surface area contributed by atoms with Crippen LogP contribution in [0.4, 0.5) is 0 Å². The summed E-state index contributed by atoms with van der Waals surface area (Å²) in [6.07, 6.45) is 0.736. The summed E-state index contributed by atoms with van der Waals surface area (Å²) in [6, 6.07) is 0. The van der Waals surface area contributed by atoms with Crippen molar-refractivity contribution in [3.8, 4) is 0 Å². The fraction of sp³-hybridized carbons (Fsp3) is 0.692. The molecule has 0 bridgehead atoms. The Morgan fingerprint density at radius 2 is 2.11 bits per heavy atom. The summed E-state index contributed by atoms with van der Waals surface area (Å²) < 4.78 is 1.83. The maximum atomic E-state index is 12.1. The summed E-state index contributed by atoms with van der Waals surface area (Å²) in [7, 11) is 1.91. The molecule has 1 aromatic heterocycles. The van der Waals surface area contributed by atoms with E-state index in [0.29, 0.717) is 13.1 Å². The topological polar surface area (TPSA) is 72.9 Å². The van der Waals surface area contributed by atoms with Gasteiger partial charge in [-0.15, -0.1) is 0 Å². The van der Waals surface area contributed by atoms with Crippen LogP contribution in [-0.2, 0) is 18.4 Å². The van der Waals surface area contributed by atoms with Gasteiger partial charge in [-0.2, -0.15) is 5.10 Å². The van der Waals surface area contributed by atoms with E-state index in [2.05, 4.69) is 10.4 Å². The van der Waals surface area contributed by atoms with Crippen LogP contribution >= 0.6 is 0 Å². The Bertz CT molecular complexity index is 432. The molecule has 0 aromatic carbocycles. The molecule has 5 heteroatoms. The van der Waals surface area contributed by atoms with Gasteiger partial charge in [0, 0.05) is 31.4 Å². The number of amides is 1. The lowest BCUT2D eigenvalue weighted by molar-refractivity contribution is -0.130. The summed E-state index contributed by atoms with van der Waals surface area (Å²) in [5.41, 5.74) is 8.32. The molecule has 0 saturated heterocycles. The number of nitrogens with one attached hydrogen (secondary N) is 1. The van der Waals surface area contributed by atoms with E-state index in [1.54, 1.807) is 0 Å². The van der Waals surface area contributed by atoms with E-state index in [0.717, 1.165) is 23.4 Å². The standard InChI is InChI=1S/C13H24N4O/c1-6-13(4,8-14)12(18)15-7-11-9(2)16-17(5)10(11)3/h6-8,14H2,1-5H3,(H,15,18). The van der Waals surface area contributed by atoms with Gasteiger partial charge in [-0.3, -0.25) is 9.48 Å². The highest BCUT2D eigenvalue weighted by atomic mass is 16.2. The van der Waals surface area contributed by atoms with Crippen molar-refractivity contribution in [3.63, 3.8) is 0 Å². The first-order valence-corrected chi connectivity index (χ1v) is 6.33. The summed E-state index contributed by atoms with van der Waals surface area (Å²) in [5.74, 6) is 0.00940. The van der Waals surface area contributed by atoms with Crippen molar-refractivity contribution in [2.75, 3.05) is 6.54 Å². The fourth-order valence-electron chi connectivity index (χ4n) is 1.85. The summed E-state index contributed by atoms with van der Waals surface area (Å²) in [4.78, 5) is 12.1. The van der Waals surface area contributed by atoms with E-state index in [4.69, 9.17) is 5.73 Å². The number of rotatable bonds is 5. The third kappa shape index (κ3) is 2.72. The Morgan fingerprint density at radius 3 is 2.50 bits per heavy atom. The monoisotopic (exact) mass is 252 g/mol. The van der Waals surface area contributed by atoms with Gasteiger partial charge in [0.15, 0.2) is 0 Å². The second-order valence-electron chi connectivity index (χ2n) is 5.07. The van der Waals surface area contributed by atoms with Crippen LogP contribution in [-0.4, -0.2) is 22.2 Å². The average molecular weight is 252 g/mol. The van der Waals surface area contributed by atoms with Crippen molar-refractivity contribution in [1.29, 1.82) is 0 Å². The van der Waals surface area contributed by atoms with Gasteiger partial charge in [0.1, 0.15) is 0 Å². The molecule has 1 heterocycles. The molecule has 0 aliphatic rings. The second kappa shape index (κ2) is 5.52. The minimum atomic E-state index is -0.482. The Morgan fingerprint density at radius 1 is 1.50 bits per heavy atom. The van der Waals surface area contributed by atoms with Gasteiger partial charge < -0.3 is 11.1 Å². The minimum Gasteiger partial charge on any atom is -0.351 e. The lowest BCUT2D eigenvalue weighted by Gasteiger charge is -2.25. The van der Waals surface area contributed by atoms with Gasteiger partial charge >= 0.3 is 0 Å². The van der Waals surface area contributed by atoms with Crippen molar-refractivity contribution in [2.24, 2.45) is 18.2 Å². The Kier molecular flexibility index (Phi) is 4.51. The number of hydrogen-bond donors (Lipinski definition) is 2. The molecule has 1 aromatic rings. The first-order chi connectivity index (χ1) is 8.35. The number of aryl methyl sites for hydroxylation is 2. The van der Waals surface area contributed by atoms with E-state index in [1.165, 1.54) is 0 Å². The van der Waals surface area contributed by atoms with Crippen molar-refractivity contribution < 1.29 is 4.79 Å². The molecule has 0 aliphatic heterocycles. The lowest BCUT2D eigenvalue weighted by atomic mass is 9.86. The zero-order valence-corrected chi connectivity index (χ0v) is 12.0. The van der Waals surface area contributed by atoms with Gasteiger partial charge in [0.2, 0.25) is 5.91 Å². The molecule has 1 unspecified atom stereocenters. The number of carbonyl (C=O) groups excluding carboxylic acids is 1. The van der Waals surface area contributed by atoms with Crippen LogP contribution < -0.4 is 11.1 Å². The smallest absolute Gasteiger partial charge is 0.227 e. The second-order valence-corrected chi connectivity index (χ2v) is 5.07. The highest BCUT2D eigenvalue weighted by Crippen LogP contribution is 2.20. The molecule has 3 N–H and O–H groups in total. The zero-order valence-electron chi connectivity index (χ0n) is 12.0. The van der Waals surface area contributed by atoms with Crippen LogP contribution in [0, 0.1) is 19.3 Å². The molecule has 1 amide bonds. The highest BCUT2D eigenvalue weighted by molar-refractivity contribution is 5.82. The fourth-order valence-corrected chi connectivity index (χ4v) is 1.85. The van der Waals surface area contributed by atoms with Gasteiger partial charge in [0.25, 0.3) is 0 Å². The third-order valence-corrected chi connectivity index (χ3v) is 3.86. The predicted octanol–water partition coefficient (Wildman–Crippen LogP) is 1.03. The molecule has 102 valence electrons. The van der Waals surface area contributed by atoms with E-state index >= 15 is 0 Å². The van der Waals surface area contributed by atoms with Gasteiger partial charge in [-0.1, -0.05) is 6.92 Å². The maximum absolute atomic E-state index is 12.1. The van der Waals surface area contributed by atoms with Crippen molar-refractivity contribution in [2.45, 2.75) is 40.7 Å². The first-order valence-electron chi connectivity index (χ1n) is 6.33. The molecule has 0 fully saturated rings. The van der Waals surface area contributed by atoms with Crippen molar-refractivity contribution >= 4 is 5.91 Å². The highest BCUT2D eigenvalue weighted by Gasteiger charge is 2.29. The van der Waals surface area contributed by atoms with E-state index in [-0.39, 0.29) is 5.91 Å². The SMILES string of the molecule is CCC(C)(CN)C(=O)NCc1c(C)nn(C)c1C. The number of aromatic nitrogens is 2. The number of hydrogen-bond acceptors (Lipinski definition) is 3. The van der Waals surface area contributed by atoms with Crippen LogP contribution in [0.1, 0.15) is 37.2 Å². The van der Waals surface area contributed by atoms with Crippen LogP contribution in [0.2, 0.25) is 0 Å². The third-order valence-electron chi connectivity index (χ3n) is 3.86. The van der Waals surface area contributed by atoms with Crippen LogP contribution in [0.15, 0.2) is 0 Å². The number of nitrogens with zero attached hydrogens (tertiary/aromatic N) is 2. The summed E-state index contributed by atoms with van der Waals surface area (Å²) in [6.45, 7) is 8.71.